The van der Waals surface area contributed by atoms with Crippen molar-refractivity contribution in [2.75, 3.05) is 11.6 Å². The lowest BCUT2D eigenvalue weighted by molar-refractivity contribution is 0.811. The highest BCUT2D eigenvalue weighted by atomic mass is 32.2. The minimum absolute atomic E-state index is 0.568. The molecule has 0 aliphatic rings. The number of rotatable bonds is 8. The van der Waals surface area contributed by atoms with Crippen molar-refractivity contribution in [3.05, 3.63) is 90.0 Å². The Balaban J connectivity index is 1.43. The summed E-state index contributed by atoms with van der Waals surface area (Å²) >= 11 is 3.13. The van der Waals surface area contributed by atoms with Crippen LogP contribution in [0, 0.1) is 0 Å². The van der Waals surface area contributed by atoms with Crippen molar-refractivity contribution in [2.45, 2.75) is 29.4 Å². The van der Waals surface area contributed by atoms with Crippen molar-refractivity contribution in [1.29, 1.82) is 0 Å². The van der Waals surface area contributed by atoms with E-state index in [4.69, 9.17) is 0 Å². The molecule has 1 N–H and O–H groups in total. The van der Waals surface area contributed by atoms with Crippen molar-refractivity contribution < 1.29 is 0 Å². The van der Waals surface area contributed by atoms with Crippen LogP contribution in [0.3, 0.4) is 0 Å². The maximum atomic E-state index is 4.59. The van der Waals surface area contributed by atoms with Crippen LogP contribution in [0.5, 0.6) is 0 Å². The SMILES string of the molecule is CCc1ccc(-c2ccc(CSc3nc(Nc4ccccc4)nc(SC)n3)cc2)cc1. The monoisotopic (exact) mass is 444 g/mol. The van der Waals surface area contributed by atoms with Crippen molar-refractivity contribution in [2.24, 2.45) is 0 Å². The highest BCUT2D eigenvalue weighted by molar-refractivity contribution is 7.99. The average Bonchev–Trinajstić information content (AvgIpc) is 2.83. The summed E-state index contributed by atoms with van der Waals surface area (Å²) in [5, 5.41) is 4.69. The van der Waals surface area contributed by atoms with Crippen LogP contribution in [0.2, 0.25) is 0 Å². The van der Waals surface area contributed by atoms with Crippen LogP contribution in [0.15, 0.2) is 89.2 Å². The van der Waals surface area contributed by atoms with Crippen LogP contribution in [-0.4, -0.2) is 21.2 Å². The number of benzene rings is 3. The molecule has 3 aromatic carbocycles. The maximum Gasteiger partial charge on any atom is 0.232 e. The van der Waals surface area contributed by atoms with Gasteiger partial charge < -0.3 is 5.32 Å². The van der Waals surface area contributed by atoms with E-state index < -0.39 is 0 Å². The molecule has 0 radical (unpaired) electrons. The topological polar surface area (TPSA) is 50.7 Å². The second-order valence-corrected chi connectivity index (χ2v) is 8.67. The molecule has 156 valence electrons. The molecular formula is C25H24N4S2. The van der Waals surface area contributed by atoms with E-state index in [2.05, 4.69) is 75.7 Å². The molecule has 6 heteroatoms. The van der Waals surface area contributed by atoms with Gasteiger partial charge in [0.2, 0.25) is 5.95 Å². The summed E-state index contributed by atoms with van der Waals surface area (Å²) in [5.41, 5.74) is 6.03. The van der Waals surface area contributed by atoms with Crippen LogP contribution in [0.4, 0.5) is 11.6 Å². The third kappa shape index (κ3) is 5.87. The van der Waals surface area contributed by atoms with E-state index >= 15 is 0 Å². The third-order valence-corrected chi connectivity index (χ3v) is 6.29. The fraction of sp³-hybridized carbons (Fsp3) is 0.160. The van der Waals surface area contributed by atoms with Gasteiger partial charge in [0, 0.05) is 11.4 Å². The minimum atomic E-state index is 0.568. The van der Waals surface area contributed by atoms with E-state index in [1.807, 2.05) is 36.6 Å². The van der Waals surface area contributed by atoms with E-state index in [0.717, 1.165) is 23.0 Å². The minimum Gasteiger partial charge on any atom is -0.324 e. The first-order valence-corrected chi connectivity index (χ1v) is 12.4. The molecule has 0 aliphatic heterocycles. The van der Waals surface area contributed by atoms with Gasteiger partial charge >= 0.3 is 0 Å². The average molecular weight is 445 g/mol. The van der Waals surface area contributed by atoms with E-state index in [9.17, 15) is 0 Å². The maximum absolute atomic E-state index is 4.59. The van der Waals surface area contributed by atoms with Gasteiger partial charge in [-0.25, -0.2) is 0 Å². The first-order valence-electron chi connectivity index (χ1n) is 10.2. The summed E-state index contributed by atoms with van der Waals surface area (Å²) in [6.45, 7) is 2.18. The smallest absolute Gasteiger partial charge is 0.232 e. The quantitative estimate of drug-likeness (QED) is 0.300. The van der Waals surface area contributed by atoms with Crippen molar-refractivity contribution in [3.8, 4) is 11.1 Å². The number of anilines is 2. The number of nitrogens with zero attached hydrogens (tertiary/aromatic N) is 3. The summed E-state index contributed by atoms with van der Waals surface area (Å²) in [6.07, 6.45) is 3.04. The zero-order valence-corrected chi connectivity index (χ0v) is 19.2. The molecule has 4 rings (SSSR count). The zero-order valence-electron chi connectivity index (χ0n) is 17.6. The molecule has 0 saturated carbocycles. The fourth-order valence-electron chi connectivity index (χ4n) is 3.07. The van der Waals surface area contributed by atoms with Crippen molar-refractivity contribution in [1.82, 2.24) is 15.0 Å². The molecule has 1 heterocycles. The Labute approximate surface area is 192 Å². The van der Waals surface area contributed by atoms with E-state index in [1.54, 1.807) is 11.8 Å². The lowest BCUT2D eigenvalue weighted by Crippen LogP contribution is -2.02. The number of thioether (sulfide) groups is 2. The second kappa shape index (κ2) is 10.5. The van der Waals surface area contributed by atoms with Crippen LogP contribution in [-0.2, 0) is 12.2 Å². The highest BCUT2D eigenvalue weighted by Gasteiger charge is 2.08. The Bertz CT molecular complexity index is 1110. The molecule has 31 heavy (non-hydrogen) atoms. The molecule has 4 nitrogen and oxygen atoms in total. The van der Waals surface area contributed by atoms with E-state index in [1.165, 1.54) is 34.0 Å². The Morgan fingerprint density at radius 1 is 0.710 bits per heavy atom. The first kappa shape index (κ1) is 21.4. The van der Waals surface area contributed by atoms with E-state index in [-0.39, 0.29) is 0 Å². The largest absolute Gasteiger partial charge is 0.324 e. The predicted molar refractivity (Wildman–Crippen MR) is 132 cm³/mol. The number of hydrogen-bond acceptors (Lipinski definition) is 6. The molecule has 0 spiro atoms. The van der Waals surface area contributed by atoms with Crippen LogP contribution < -0.4 is 5.32 Å². The third-order valence-electron chi connectivity index (χ3n) is 4.82. The second-order valence-electron chi connectivity index (χ2n) is 6.96. The lowest BCUT2D eigenvalue weighted by atomic mass is 10.0. The summed E-state index contributed by atoms with van der Waals surface area (Å²) in [6, 6.07) is 27.4. The zero-order chi connectivity index (χ0) is 21.5. The Morgan fingerprint density at radius 3 is 1.94 bits per heavy atom. The molecule has 0 atom stereocenters. The molecule has 0 amide bonds. The molecule has 4 aromatic rings. The number of aryl methyl sites for hydroxylation is 1. The van der Waals surface area contributed by atoms with Crippen LogP contribution >= 0.6 is 23.5 Å². The number of para-hydroxylation sites is 1. The van der Waals surface area contributed by atoms with E-state index in [0.29, 0.717) is 11.1 Å². The van der Waals surface area contributed by atoms with Crippen LogP contribution in [0.25, 0.3) is 11.1 Å². The molecule has 0 bridgehead atoms. The highest BCUT2D eigenvalue weighted by Crippen LogP contribution is 2.26. The number of nitrogens with one attached hydrogen (secondary N) is 1. The molecule has 1 aromatic heterocycles. The van der Waals surface area contributed by atoms with Crippen molar-refractivity contribution in [3.63, 3.8) is 0 Å². The molecule has 0 unspecified atom stereocenters. The Morgan fingerprint density at radius 2 is 1.32 bits per heavy atom. The first-order chi connectivity index (χ1) is 15.2. The Hall–Kier alpha value is -2.83. The molecule has 0 aliphatic carbocycles. The predicted octanol–water partition coefficient (Wildman–Crippen LogP) is 6.86. The van der Waals surface area contributed by atoms with Gasteiger partial charge in [0.1, 0.15) is 0 Å². The van der Waals surface area contributed by atoms with Gasteiger partial charge in [-0.1, -0.05) is 97.2 Å². The molecular weight excluding hydrogens is 420 g/mol. The Kier molecular flexibility index (Phi) is 7.22. The van der Waals surface area contributed by atoms with Gasteiger partial charge in [-0.3, -0.25) is 0 Å². The van der Waals surface area contributed by atoms with Crippen molar-refractivity contribution >= 4 is 35.2 Å². The van der Waals surface area contributed by atoms with Gasteiger partial charge in [0.25, 0.3) is 0 Å². The van der Waals surface area contributed by atoms with Gasteiger partial charge in [-0.2, -0.15) is 15.0 Å². The standard InChI is InChI=1S/C25H24N4S2/c1-3-18-9-13-20(14-10-18)21-15-11-19(12-16-21)17-31-25-28-23(27-24(29-25)30-2)26-22-7-5-4-6-8-22/h4-16H,3,17H2,1-2H3,(H,26,27,28,29). The summed E-state index contributed by atoms with van der Waals surface area (Å²) < 4.78 is 0. The van der Waals surface area contributed by atoms with Crippen LogP contribution in [0.1, 0.15) is 18.1 Å². The molecule has 0 fully saturated rings. The summed E-state index contributed by atoms with van der Waals surface area (Å²) in [7, 11) is 0. The van der Waals surface area contributed by atoms with Gasteiger partial charge in [0.05, 0.1) is 0 Å². The number of hydrogen-bond donors (Lipinski definition) is 1. The van der Waals surface area contributed by atoms with Gasteiger partial charge in [0.15, 0.2) is 10.3 Å². The molecule has 0 saturated heterocycles. The lowest BCUT2D eigenvalue weighted by Gasteiger charge is -2.08. The summed E-state index contributed by atoms with van der Waals surface area (Å²) in [5.74, 6) is 1.37. The summed E-state index contributed by atoms with van der Waals surface area (Å²) in [4.78, 5) is 13.6. The number of aromatic nitrogens is 3. The fourth-order valence-corrected chi connectivity index (χ4v) is 4.28. The van der Waals surface area contributed by atoms with Gasteiger partial charge in [-0.05, 0) is 47.1 Å². The van der Waals surface area contributed by atoms with Gasteiger partial charge in [-0.15, -0.1) is 0 Å². The normalized spacial score (nSPS) is 10.8.